The summed E-state index contributed by atoms with van der Waals surface area (Å²) < 4.78 is 3.18. The van der Waals surface area contributed by atoms with Crippen molar-refractivity contribution in [1.82, 2.24) is 30.0 Å². The van der Waals surface area contributed by atoms with Gasteiger partial charge in [0.05, 0.1) is 22.7 Å². The number of nitrogens with one attached hydrogen (secondary N) is 1. The van der Waals surface area contributed by atoms with Crippen molar-refractivity contribution in [3.63, 3.8) is 0 Å². The number of halogens is 1. The third-order valence-electron chi connectivity index (χ3n) is 4.03. The zero-order chi connectivity index (χ0) is 19.7. The van der Waals surface area contributed by atoms with Crippen LogP contribution in [-0.4, -0.2) is 34.9 Å². The van der Waals surface area contributed by atoms with E-state index >= 15 is 0 Å². The lowest BCUT2D eigenvalue weighted by atomic mass is 10.2. The molecule has 4 rings (SSSR count). The van der Waals surface area contributed by atoms with Crippen LogP contribution in [0.3, 0.4) is 0 Å². The fourth-order valence-electron chi connectivity index (χ4n) is 2.65. The molecule has 28 heavy (non-hydrogen) atoms. The number of aromatic amines is 1. The highest BCUT2D eigenvalue weighted by Crippen LogP contribution is 2.24. The van der Waals surface area contributed by atoms with Crippen LogP contribution in [-0.2, 0) is 6.54 Å². The number of H-pyrrole nitrogens is 1. The Balaban J connectivity index is 1.59. The van der Waals surface area contributed by atoms with Crippen LogP contribution in [0.1, 0.15) is 5.56 Å². The number of nitro benzene ring substituents is 1. The van der Waals surface area contributed by atoms with Gasteiger partial charge in [-0.1, -0.05) is 36.5 Å². The monoisotopic (exact) mass is 457 g/mol. The first-order chi connectivity index (χ1) is 13.5. The van der Waals surface area contributed by atoms with Crippen LogP contribution in [0.2, 0.25) is 0 Å². The van der Waals surface area contributed by atoms with Crippen LogP contribution in [0.5, 0.6) is 0 Å². The maximum Gasteiger partial charge on any atom is 0.269 e. The molecule has 0 saturated heterocycles. The lowest BCUT2D eigenvalue weighted by Gasteiger charge is -2.04. The molecule has 9 nitrogen and oxygen atoms in total. The molecule has 0 unspecified atom stereocenters. The van der Waals surface area contributed by atoms with E-state index in [1.807, 2.05) is 24.3 Å². The van der Waals surface area contributed by atoms with Crippen LogP contribution in [0, 0.1) is 14.8 Å². The van der Waals surface area contributed by atoms with Gasteiger partial charge in [-0.3, -0.25) is 15.2 Å². The first-order valence-electron chi connectivity index (χ1n) is 8.10. The topological polar surface area (TPSA) is 107 Å². The Bertz CT molecular complexity index is 1210. The summed E-state index contributed by atoms with van der Waals surface area (Å²) in [5.41, 5.74) is 2.39. The highest BCUT2D eigenvalue weighted by molar-refractivity contribution is 9.10. The number of hydrogen-bond donors (Lipinski definition) is 1. The van der Waals surface area contributed by atoms with Gasteiger partial charge in [0.25, 0.3) is 5.69 Å². The molecule has 0 bridgehead atoms. The maximum absolute atomic E-state index is 10.7. The highest BCUT2D eigenvalue weighted by Gasteiger charge is 2.14. The molecule has 11 heteroatoms. The number of tetrazole rings is 1. The summed E-state index contributed by atoms with van der Waals surface area (Å²) in [7, 11) is 0. The zero-order valence-electron chi connectivity index (χ0n) is 14.2. The number of rotatable bonds is 5. The van der Waals surface area contributed by atoms with Crippen LogP contribution >= 0.6 is 28.1 Å². The molecule has 0 saturated carbocycles. The number of nitro groups is 1. The molecule has 4 aromatic rings. The van der Waals surface area contributed by atoms with E-state index in [9.17, 15) is 10.1 Å². The predicted molar refractivity (Wildman–Crippen MR) is 108 cm³/mol. The lowest BCUT2D eigenvalue weighted by Crippen LogP contribution is -2.04. The molecule has 0 atom stereocenters. The molecule has 0 aliphatic heterocycles. The van der Waals surface area contributed by atoms with Gasteiger partial charge in [-0.05, 0) is 38.8 Å². The van der Waals surface area contributed by atoms with E-state index in [1.165, 1.54) is 16.9 Å². The molecule has 0 radical (unpaired) electrons. The molecule has 2 aromatic heterocycles. The van der Waals surface area contributed by atoms with Gasteiger partial charge in [-0.25, -0.2) is 4.68 Å². The van der Waals surface area contributed by atoms with Gasteiger partial charge in [0, 0.05) is 22.8 Å². The summed E-state index contributed by atoms with van der Waals surface area (Å²) in [5, 5.41) is 26.3. The second kappa shape index (κ2) is 7.44. The van der Waals surface area contributed by atoms with Crippen LogP contribution in [0.4, 0.5) is 5.69 Å². The molecule has 0 fully saturated rings. The van der Waals surface area contributed by atoms with Crippen molar-refractivity contribution in [2.24, 2.45) is 0 Å². The number of hydrogen-bond acceptors (Lipinski definition) is 6. The number of para-hydroxylation sites is 1. The van der Waals surface area contributed by atoms with Gasteiger partial charge in [0.1, 0.15) is 4.64 Å². The minimum absolute atomic E-state index is 0.0377. The Kier molecular flexibility index (Phi) is 4.84. The van der Waals surface area contributed by atoms with Crippen molar-refractivity contribution < 1.29 is 4.92 Å². The van der Waals surface area contributed by atoms with Crippen molar-refractivity contribution in [2.45, 2.75) is 6.54 Å². The molecule has 0 aliphatic carbocycles. The van der Waals surface area contributed by atoms with E-state index in [0.717, 1.165) is 15.7 Å². The standard InChI is InChI=1S/C17H12BrN7O2S/c18-14-3-1-2-4-15(14)24-17(28)13(9-19-24)16-20-22-23(21-16)10-11-5-7-12(8-6-11)25(26)27/h1-9,19H,10H2. The van der Waals surface area contributed by atoms with Crippen LogP contribution in [0.25, 0.3) is 17.1 Å². The molecule has 2 heterocycles. The van der Waals surface area contributed by atoms with Gasteiger partial charge in [0.2, 0.25) is 5.82 Å². The summed E-state index contributed by atoms with van der Waals surface area (Å²) >= 11 is 9.07. The smallest absolute Gasteiger partial charge is 0.269 e. The van der Waals surface area contributed by atoms with E-state index in [0.29, 0.717) is 22.6 Å². The Hall–Kier alpha value is -3.18. The number of non-ortho nitro benzene ring substituents is 1. The third-order valence-corrected chi connectivity index (χ3v) is 5.10. The van der Waals surface area contributed by atoms with E-state index < -0.39 is 4.92 Å². The number of benzene rings is 2. The first kappa shape index (κ1) is 18.2. The molecule has 0 spiro atoms. The fourth-order valence-corrected chi connectivity index (χ4v) is 3.41. The number of nitrogens with zero attached hydrogens (tertiary/aromatic N) is 6. The molecule has 1 N–H and O–H groups in total. The van der Waals surface area contributed by atoms with Gasteiger partial charge in [-0.2, -0.15) is 4.80 Å². The summed E-state index contributed by atoms with van der Waals surface area (Å²) in [6.07, 6.45) is 1.73. The summed E-state index contributed by atoms with van der Waals surface area (Å²) in [6, 6.07) is 13.9. The minimum Gasteiger partial charge on any atom is -0.299 e. The van der Waals surface area contributed by atoms with E-state index in [2.05, 4.69) is 36.4 Å². The zero-order valence-corrected chi connectivity index (χ0v) is 16.6. The average molecular weight is 458 g/mol. The van der Waals surface area contributed by atoms with Crippen LogP contribution < -0.4 is 0 Å². The SMILES string of the molecule is O=[N+]([O-])c1ccc(Cn2nnc(-c3c[nH]n(-c4ccccc4Br)c3=S)n2)cc1. The highest BCUT2D eigenvalue weighted by atomic mass is 79.9. The Morgan fingerprint density at radius 1 is 1.18 bits per heavy atom. The largest absolute Gasteiger partial charge is 0.299 e. The predicted octanol–water partition coefficient (Wildman–Crippen LogP) is 3.91. The fraction of sp³-hybridized carbons (Fsp3) is 0.0588. The average Bonchev–Trinajstić information content (AvgIpc) is 3.29. The third kappa shape index (κ3) is 3.49. The lowest BCUT2D eigenvalue weighted by molar-refractivity contribution is -0.384. The Morgan fingerprint density at radius 3 is 2.64 bits per heavy atom. The van der Waals surface area contributed by atoms with E-state index in [-0.39, 0.29) is 5.69 Å². The summed E-state index contributed by atoms with van der Waals surface area (Å²) in [6.45, 7) is 0.340. The minimum atomic E-state index is -0.438. The normalized spacial score (nSPS) is 10.9. The Labute approximate surface area is 171 Å². The van der Waals surface area contributed by atoms with E-state index in [1.54, 1.807) is 23.0 Å². The van der Waals surface area contributed by atoms with Crippen LogP contribution in [0.15, 0.2) is 59.2 Å². The molecule has 140 valence electrons. The second-order valence-corrected chi connectivity index (χ2v) is 7.09. The molecule has 0 aliphatic rings. The van der Waals surface area contributed by atoms with Gasteiger partial charge >= 0.3 is 0 Å². The number of aromatic nitrogens is 6. The van der Waals surface area contributed by atoms with Crippen molar-refractivity contribution >= 4 is 33.8 Å². The Morgan fingerprint density at radius 2 is 1.93 bits per heavy atom. The van der Waals surface area contributed by atoms with Crippen molar-refractivity contribution in [2.75, 3.05) is 0 Å². The van der Waals surface area contributed by atoms with Crippen molar-refractivity contribution in [3.8, 4) is 17.1 Å². The molecular weight excluding hydrogens is 446 g/mol. The second-order valence-electron chi connectivity index (χ2n) is 5.85. The summed E-state index contributed by atoms with van der Waals surface area (Å²) in [5.74, 6) is 0.397. The first-order valence-corrected chi connectivity index (χ1v) is 9.30. The van der Waals surface area contributed by atoms with Gasteiger partial charge in [0.15, 0.2) is 0 Å². The maximum atomic E-state index is 10.7. The van der Waals surface area contributed by atoms with Gasteiger partial charge in [-0.15, -0.1) is 10.2 Å². The van der Waals surface area contributed by atoms with E-state index in [4.69, 9.17) is 12.2 Å². The molecule has 2 aromatic carbocycles. The van der Waals surface area contributed by atoms with Crippen molar-refractivity contribution in [1.29, 1.82) is 0 Å². The summed E-state index contributed by atoms with van der Waals surface area (Å²) in [4.78, 5) is 11.7. The van der Waals surface area contributed by atoms with Crippen molar-refractivity contribution in [3.05, 3.63) is 79.5 Å². The van der Waals surface area contributed by atoms with Gasteiger partial charge < -0.3 is 0 Å². The quantitative estimate of drug-likeness (QED) is 0.276. The molecular formula is C17H12BrN7O2S. The molecule has 0 amide bonds.